The first-order valence-electron chi connectivity index (χ1n) is 9.99. The molecule has 2 fully saturated rings. The Morgan fingerprint density at radius 1 is 1.30 bits per heavy atom. The van der Waals surface area contributed by atoms with Crippen LogP contribution in [0.3, 0.4) is 0 Å². The largest absolute Gasteiger partial charge is 0.573 e. The molecule has 0 radical (unpaired) electrons. The molecular weight excluding hydrogens is 399 g/mol. The summed E-state index contributed by atoms with van der Waals surface area (Å²) < 4.78 is 48.5. The fourth-order valence-electron chi connectivity index (χ4n) is 3.88. The summed E-state index contributed by atoms with van der Waals surface area (Å²) >= 11 is 0. The third-order valence-electron chi connectivity index (χ3n) is 5.64. The molecule has 2 N–H and O–H groups in total. The van der Waals surface area contributed by atoms with Crippen molar-refractivity contribution in [2.75, 3.05) is 20.2 Å². The fourth-order valence-corrected chi connectivity index (χ4v) is 3.88. The third kappa shape index (κ3) is 4.67. The number of pyridine rings is 1. The smallest absolute Gasteiger partial charge is 0.403 e. The number of nitrogens with one attached hydrogen (secondary N) is 2. The van der Waals surface area contributed by atoms with E-state index in [0.29, 0.717) is 24.0 Å². The number of amides is 1. The van der Waals surface area contributed by atoms with E-state index in [1.807, 2.05) is 6.07 Å². The summed E-state index contributed by atoms with van der Waals surface area (Å²) in [7, 11) is 1.64. The van der Waals surface area contributed by atoms with Gasteiger partial charge in [-0.25, -0.2) is 4.98 Å². The van der Waals surface area contributed by atoms with Gasteiger partial charge >= 0.3 is 6.36 Å². The highest BCUT2D eigenvalue weighted by molar-refractivity contribution is 5.97. The number of ether oxygens (including phenoxy) is 2. The summed E-state index contributed by atoms with van der Waals surface area (Å²) in [6.07, 6.45) is -2.06. The molecule has 1 aliphatic heterocycles. The Hall–Kier alpha value is -2.39. The molecule has 9 heteroatoms. The van der Waals surface area contributed by atoms with Crippen molar-refractivity contribution in [1.29, 1.82) is 0 Å². The Bertz CT molecular complexity index is 960. The van der Waals surface area contributed by atoms with Gasteiger partial charge in [-0.15, -0.1) is 13.2 Å². The van der Waals surface area contributed by atoms with Crippen molar-refractivity contribution >= 4 is 16.8 Å². The van der Waals surface area contributed by atoms with Crippen LogP contribution in [0.15, 0.2) is 18.2 Å². The number of methoxy groups -OCH3 is 1. The number of nitrogens with zero attached hydrogens (tertiary/aromatic N) is 1. The first kappa shape index (κ1) is 20.9. The van der Waals surface area contributed by atoms with Gasteiger partial charge in [-0.1, -0.05) is 0 Å². The van der Waals surface area contributed by atoms with Crippen molar-refractivity contribution in [2.24, 2.45) is 0 Å². The topological polar surface area (TPSA) is 72.5 Å². The van der Waals surface area contributed by atoms with Gasteiger partial charge in [0.25, 0.3) is 5.91 Å². The van der Waals surface area contributed by atoms with Crippen LogP contribution in [0.1, 0.15) is 46.8 Å². The van der Waals surface area contributed by atoms with Crippen LogP contribution in [-0.2, 0) is 4.74 Å². The molecule has 1 aromatic carbocycles. The monoisotopic (exact) mass is 423 g/mol. The van der Waals surface area contributed by atoms with Crippen molar-refractivity contribution in [3.63, 3.8) is 0 Å². The minimum absolute atomic E-state index is 0.0420. The van der Waals surface area contributed by atoms with Crippen LogP contribution in [0.2, 0.25) is 0 Å². The van der Waals surface area contributed by atoms with Crippen molar-refractivity contribution in [3.8, 4) is 5.75 Å². The molecule has 6 nitrogen and oxygen atoms in total. The van der Waals surface area contributed by atoms with Crippen LogP contribution >= 0.6 is 0 Å². The molecule has 2 aliphatic rings. The van der Waals surface area contributed by atoms with E-state index in [9.17, 15) is 18.0 Å². The number of rotatable bonds is 6. The van der Waals surface area contributed by atoms with Crippen LogP contribution < -0.4 is 15.4 Å². The summed E-state index contributed by atoms with van der Waals surface area (Å²) in [5.41, 5.74) is 1.59. The number of aromatic nitrogens is 1. The maximum Gasteiger partial charge on any atom is 0.573 e. The Morgan fingerprint density at radius 3 is 2.70 bits per heavy atom. The predicted octanol–water partition coefficient (Wildman–Crippen LogP) is 3.43. The Labute approximate surface area is 172 Å². The molecule has 4 rings (SSSR count). The van der Waals surface area contributed by atoms with Gasteiger partial charge in [0.2, 0.25) is 0 Å². The van der Waals surface area contributed by atoms with E-state index >= 15 is 0 Å². The van der Waals surface area contributed by atoms with Gasteiger partial charge in [-0.2, -0.15) is 0 Å². The van der Waals surface area contributed by atoms with Gasteiger partial charge in [-0.3, -0.25) is 4.79 Å². The van der Waals surface area contributed by atoms with E-state index in [1.165, 1.54) is 6.07 Å². The zero-order valence-corrected chi connectivity index (χ0v) is 16.8. The first-order chi connectivity index (χ1) is 14.2. The minimum atomic E-state index is -4.84. The van der Waals surface area contributed by atoms with E-state index in [-0.39, 0.29) is 35.0 Å². The van der Waals surface area contributed by atoms with Gasteiger partial charge < -0.3 is 20.1 Å². The molecule has 2 heterocycles. The van der Waals surface area contributed by atoms with Crippen molar-refractivity contribution in [3.05, 3.63) is 35.0 Å². The highest BCUT2D eigenvalue weighted by Crippen LogP contribution is 2.44. The van der Waals surface area contributed by atoms with E-state index in [0.717, 1.165) is 24.8 Å². The van der Waals surface area contributed by atoms with E-state index in [1.54, 1.807) is 20.1 Å². The van der Waals surface area contributed by atoms with Crippen LogP contribution in [0.25, 0.3) is 10.9 Å². The highest BCUT2D eigenvalue weighted by Gasteiger charge is 2.34. The lowest BCUT2D eigenvalue weighted by Gasteiger charge is -2.16. The molecule has 2 aromatic rings. The number of aryl methyl sites for hydroxylation is 1. The molecule has 2 atom stereocenters. The SMILES string of the molecule is COC1CN[C@@H](CNC(=O)c2cc(C)c3cc(C4CC4)cc(OC(F)(F)F)c3n2)C1. The second-order valence-corrected chi connectivity index (χ2v) is 7.97. The number of carbonyl (C=O) groups excluding carboxylic acids is 1. The lowest BCUT2D eigenvalue weighted by atomic mass is 10.0. The molecular formula is C21H24F3N3O3. The van der Waals surface area contributed by atoms with Crippen molar-refractivity contribution in [1.82, 2.24) is 15.6 Å². The third-order valence-corrected chi connectivity index (χ3v) is 5.64. The summed E-state index contributed by atoms with van der Waals surface area (Å²) in [5.74, 6) is -0.547. The second-order valence-electron chi connectivity index (χ2n) is 7.97. The number of halogens is 3. The zero-order chi connectivity index (χ0) is 21.5. The van der Waals surface area contributed by atoms with Gasteiger partial charge in [0.1, 0.15) is 11.2 Å². The Morgan fingerprint density at radius 2 is 2.07 bits per heavy atom. The fraction of sp³-hybridized carbons (Fsp3) is 0.524. The zero-order valence-electron chi connectivity index (χ0n) is 16.8. The van der Waals surface area contributed by atoms with Crippen LogP contribution in [0, 0.1) is 6.92 Å². The number of hydrogen-bond acceptors (Lipinski definition) is 5. The van der Waals surface area contributed by atoms with E-state index < -0.39 is 12.3 Å². The van der Waals surface area contributed by atoms with Crippen molar-refractivity contribution in [2.45, 2.75) is 50.6 Å². The molecule has 1 saturated carbocycles. The number of carbonyl (C=O) groups is 1. The summed E-state index contributed by atoms with van der Waals surface area (Å²) in [6, 6.07) is 4.93. The van der Waals surface area contributed by atoms with Crippen LogP contribution in [0.4, 0.5) is 13.2 Å². The second kappa shape index (κ2) is 8.03. The molecule has 1 aliphatic carbocycles. The predicted molar refractivity (Wildman–Crippen MR) is 105 cm³/mol. The molecule has 0 spiro atoms. The maximum absolute atomic E-state index is 13.0. The summed E-state index contributed by atoms with van der Waals surface area (Å²) in [5, 5.41) is 6.63. The standard InChI is InChI=1S/C21H24F3N3O3/c1-11-5-17(20(28)26-9-14-8-15(29-2)10-25-14)27-19-16(11)6-13(12-3-4-12)7-18(19)30-21(22,23)24/h5-7,12,14-15,25H,3-4,8-10H2,1-2H3,(H,26,28)/t14-,15?/m1/s1. The lowest BCUT2D eigenvalue weighted by Crippen LogP contribution is -2.37. The quantitative estimate of drug-likeness (QED) is 0.745. The van der Waals surface area contributed by atoms with Gasteiger partial charge in [0.15, 0.2) is 5.75 Å². The van der Waals surface area contributed by atoms with Crippen LogP contribution in [-0.4, -0.2) is 49.6 Å². The highest BCUT2D eigenvalue weighted by atomic mass is 19.4. The Balaban J connectivity index is 1.60. The minimum Gasteiger partial charge on any atom is -0.403 e. The molecule has 1 aromatic heterocycles. The summed E-state index contributed by atoms with van der Waals surface area (Å²) in [6.45, 7) is 2.85. The lowest BCUT2D eigenvalue weighted by molar-refractivity contribution is -0.274. The first-order valence-corrected chi connectivity index (χ1v) is 9.99. The molecule has 1 saturated heterocycles. The number of hydrogen-bond donors (Lipinski definition) is 2. The number of alkyl halides is 3. The maximum atomic E-state index is 13.0. The number of benzene rings is 1. The van der Waals surface area contributed by atoms with Gasteiger partial charge in [-0.05, 0) is 61.4 Å². The van der Waals surface area contributed by atoms with Gasteiger partial charge in [0, 0.05) is 31.6 Å². The molecule has 0 bridgehead atoms. The Kier molecular flexibility index (Phi) is 5.59. The number of fused-ring (bicyclic) bond motifs is 1. The summed E-state index contributed by atoms with van der Waals surface area (Å²) in [4.78, 5) is 16.9. The molecule has 30 heavy (non-hydrogen) atoms. The molecule has 162 valence electrons. The van der Waals surface area contributed by atoms with E-state index in [4.69, 9.17) is 4.74 Å². The average Bonchev–Trinajstić information content (AvgIpc) is 3.43. The molecule has 1 amide bonds. The molecule has 1 unspecified atom stereocenters. The van der Waals surface area contributed by atoms with Crippen LogP contribution in [0.5, 0.6) is 5.75 Å². The average molecular weight is 423 g/mol. The normalized spacial score (nSPS) is 21.8. The van der Waals surface area contributed by atoms with Gasteiger partial charge in [0.05, 0.1) is 6.10 Å². The van der Waals surface area contributed by atoms with Crippen molar-refractivity contribution < 1.29 is 27.4 Å². The van der Waals surface area contributed by atoms with E-state index in [2.05, 4.69) is 20.4 Å².